The van der Waals surface area contributed by atoms with Gasteiger partial charge in [0.2, 0.25) is 0 Å². The Labute approximate surface area is 183 Å². The van der Waals surface area contributed by atoms with Crippen molar-refractivity contribution in [3.63, 3.8) is 0 Å². The molecule has 0 unspecified atom stereocenters. The van der Waals surface area contributed by atoms with Gasteiger partial charge in [-0.1, -0.05) is 6.42 Å². The van der Waals surface area contributed by atoms with Crippen molar-refractivity contribution in [1.29, 1.82) is 0 Å². The molecule has 0 spiro atoms. The number of likely N-dealkylation sites (tertiary alicyclic amines) is 1. The predicted molar refractivity (Wildman–Crippen MR) is 114 cm³/mol. The Balaban J connectivity index is 1.64. The molecule has 2 atom stereocenters. The fraction of sp³-hybridized carbons (Fsp3) is 0.609. The summed E-state index contributed by atoms with van der Waals surface area (Å²) >= 11 is 0. The highest BCUT2D eigenvalue weighted by Crippen LogP contribution is 2.30. The van der Waals surface area contributed by atoms with Crippen molar-refractivity contribution in [3.8, 4) is 11.5 Å². The Morgan fingerprint density at radius 3 is 2.52 bits per heavy atom. The number of esters is 1. The lowest BCUT2D eigenvalue weighted by Crippen LogP contribution is -2.40. The van der Waals surface area contributed by atoms with E-state index in [1.807, 2.05) is 11.8 Å². The standard InChI is InChI=1S/C23H32N2O6/c1-3-30-20-14-16(22(27)24-18-9-7-8-17(18)23(28)29-2)10-11-19(20)31-15-21(26)25-12-5-4-6-13-25/h10-11,14,17-18H,3-9,12-13,15H2,1-2H3,(H,24,27)/t17-,18+/m1/s1. The molecule has 0 aromatic heterocycles. The molecule has 3 rings (SSSR count). The molecule has 2 aliphatic rings. The summed E-state index contributed by atoms with van der Waals surface area (Å²) in [5.41, 5.74) is 0.411. The Bertz CT molecular complexity index is 790. The van der Waals surface area contributed by atoms with Gasteiger partial charge in [0, 0.05) is 24.7 Å². The van der Waals surface area contributed by atoms with Gasteiger partial charge in [-0.15, -0.1) is 0 Å². The lowest BCUT2D eigenvalue weighted by molar-refractivity contribution is -0.145. The second-order valence-electron chi connectivity index (χ2n) is 7.97. The van der Waals surface area contributed by atoms with Crippen molar-refractivity contribution >= 4 is 17.8 Å². The number of nitrogens with zero attached hydrogens (tertiary/aromatic N) is 1. The first-order chi connectivity index (χ1) is 15.0. The van der Waals surface area contributed by atoms with Crippen LogP contribution in [0.5, 0.6) is 11.5 Å². The molecule has 1 heterocycles. The highest BCUT2D eigenvalue weighted by molar-refractivity contribution is 5.95. The van der Waals surface area contributed by atoms with E-state index in [4.69, 9.17) is 14.2 Å². The number of carbonyl (C=O) groups is 3. The van der Waals surface area contributed by atoms with Crippen molar-refractivity contribution in [2.75, 3.05) is 33.4 Å². The molecule has 0 radical (unpaired) electrons. The zero-order valence-corrected chi connectivity index (χ0v) is 18.4. The van der Waals surface area contributed by atoms with Crippen LogP contribution in [0.15, 0.2) is 18.2 Å². The number of nitrogens with one attached hydrogen (secondary N) is 1. The Morgan fingerprint density at radius 1 is 1.03 bits per heavy atom. The van der Waals surface area contributed by atoms with Gasteiger partial charge in [0.25, 0.3) is 11.8 Å². The van der Waals surface area contributed by atoms with Crippen LogP contribution < -0.4 is 14.8 Å². The fourth-order valence-electron chi connectivity index (χ4n) is 4.23. The third-order valence-corrected chi connectivity index (χ3v) is 5.90. The van der Waals surface area contributed by atoms with E-state index in [0.29, 0.717) is 30.1 Å². The summed E-state index contributed by atoms with van der Waals surface area (Å²) < 4.78 is 16.2. The number of hydrogen-bond donors (Lipinski definition) is 1. The number of amides is 2. The highest BCUT2D eigenvalue weighted by Gasteiger charge is 2.35. The summed E-state index contributed by atoms with van der Waals surface area (Å²) in [5, 5.41) is 2.95. The van der Waals surface area contributed by atoms with Crippen LogP contribution >= 0.6 is 0 Å². The van der Waals surface area contributed by atoms with Gasteiger partial charge in [-0.2, -0.15) is 0 Å². The van der Waals surface area contributed by atoms with Gasteiger partial charge in [0.1, 0.15) is 0 Å². The van der Waals surface area contributed by atoms with Crippen LogP contribution in [0.2, 0.25) is 0 Å². The molecular weight excluding hydrogens is 400 g/mol. The fourth-order valence-corrected chi connectivity index (χ4v) is 4.23. The first-order valence-electron chi connectivity index (χ1n) is 11.1. The summed E-state index contributed by atoms with van der Waals surface area (Å²) in [6.45, 7) is 3.72. The van der Waals surface area contributed by atoms with E-state index in [9.17, 15) is 14.4 Å². The van der Waals surface area contributed by atoms with Crippen LogP contribution in [0.25, 0.3) is 0 Å². The summed E-state index contributed by atoms with van der Waals surface area (Å²) in [5.74, 6) is -0.0880. The van der Waals surface area contributed by atoms with E-state index in [0.717, 1.165) is 45.2 Å². The van der Waals surface area contributed by atoms with E-state index >= 15 is 0 Å². The maximum Gasteiger partial charge on any atom is 0.310 e. The first kappa shape index (κ1) is 22.9. The first-order valence-corrected chi connectivity index (χ1v) is 11.1. The maximum atomic E-state index is 12.8. The largest absolute Gasteiger partial charge is 0.490 e. The van der Waals surface area contributed by atoms with E-state index < -0.39 is 0 Å². The van der Waals surface area contributed by atoms with Crippen LogP contribution in [-0.4, -0.2) is 62.1 Å². The zero-order chi connectivity index (χ0) is 22.2. The highest BCUT2D eigenvalue weighted by atomic mass is 16.5. The van der Waals surface area contributed by atoms with Crippen molar-refractivity contribution in [1.82, 2.24) is 10.2 Å². The quantitative estimate of drug-likeness (QED) is 0.635. The van der Waals surface area contributed by atoms with E-state index in [1.54, 1.807) is 18.2 Å². The van der Waals surface area contributed by atoms with Gasteiger partial charge in [-0.25, -0.2) is 0 Å². The molecule has 8 heteroatoms. The molecule has 31 heavy (non-hydrogen) atoms. The van der Waals surface area contributed by atoms with E-state index in [1.165, 1.54) is 7.11 Å². The van der Waals surface area contributed by atoms with Crippen LogP contribution in [0.3, 0.4) is 0 Å². The van der Waals surface area contributed by atoms with Gasteiger partial charge < -0.3 is 24.4 Å². The lowest BCUT2D eigenvalue weighted by atomic mass is 10.0. The number of ether oxygens (including phenoxy) is 3. The van der Waals surface area contributed by atoms with Gasteiger partial charge >= 0.3 is 5.97 Å². The summed E-state index contributed by atoms with van der Waals surface area (Å²) in [7, 11) is 1.36. The number of methoxy groups -OCH3 is 1. The normalized spacial score (nSPS) is 20.8. The third-order valence-electron chi connectivity index (χ3n) is 5.90. The number of carbonyl (C=O) groups excluding carboxylic acids is 3. The van der Waals surface area contributed by atoms with Crippen molar-refractivity contribution < 1.29 is 28.6 Å². The molecule has 2 amide bonds. The van der Waals surface area contributed by atoms with E-state index in [-0.39, 0.29) is 36.4 Å². The van der Waals surface area contributed by atoms with Crippen LogP contribution in [0.1, 0.15) is 55.8 Å². The molecule has 1 aromatic rings. The summed E-state index contributed by atoms with van der Waals surface area (Å²) in [4.78, 5) is 38.9. The molecular formula is C23H32N2O6. The molecule has 1 N–H and O–H groups in total. The van der Waals surface area contributed by atoms with Crippen molar-refractivity contribution in [2.45, 2.75) is 51.5 Å². The van der Waals surface area contributed by atoms with Gasteiger partial charge in [-0.3, -0.25) is 14.4 Å². The van der Waals surface area contributed by atoms with Gasteiger partial charge in [0.05, 0.1) is 19.6 Å². The number of hydrogen-bond acceptors (Lipinski definition) is 6. The number of piperidine rings is 1. The van der Waals surface area contributed by atoms with Crippen LogP contribution in [0, 0.1) is 5.92 Å². The van der Waals surface area contributed by atoms with Crippen LogP contribution in [0.4, 0.5) is 0 Å². The molecule has 1 saturated heterocycles. The minimum Gasteiger partial charge on any atom is -0.490 e. The predicted octanol–water partition coefficient (Wildman–Crippen LogP) is 2.55. The van der Waals surface area contributed by atoms with Crippen LogP contribution in [-0.2, 0) is 14.3 Å². The van der Waals surface area contributed by atoms with Crippen molar-refractivity contribution in [2.24, 2.45) is 5.92 Å². The molecule has 1 saturated carbocycles. The molecule has 1 aliphatic heterocycles. The molecule has 1 aromatic carbocycles. The van der Waals surface area contributed by atoms with E-state index in [2.05, 4.69) is 5.32 Å². The molecule has 0 bridgehead atoms. The smallest absolute Gasteiger partial charge is 0.310 e. The Morgan fingerprint density at radius 2 is 1.81 bits per heavy atom. The molecule has 1 aliphatic carbocycles. The lowest BCUT2D eigenvalue weighted by Gasteiger charge is -2.26. The van der Waals surface area contributed by atoms with Crippen molar-refractivity contribution in [3.05, 3.63) is 23.8 Å². The second kappa shape index (κ2) is 11.0. The molecule has 8 nitrogen and oxygen atoms in total. The SMILES string of the molecule is CCOc1cc(C(=O)N[C@H]2CCC[C@H]2C(=O)OC)ccc1OCC(=O)N1CCCCC1. The Hall–Kier alpha value is -2.77. The number of benzene rings is 1. The monoisotopic (exact) mass is 432 g/mol. The molecule has 2 fully saturated rings. The second-order valence-corrected chi connectivity index (χ2v) is 7.97. The third kappa shape index (κ3) is 5.89. The Kier molecular flexibility index (Phi) is 8.14. The summed E-state index contributed by atoms with van der Waals surface area (Å²) in [6.07, 6.45) is 5.52. The topological polar surface area (TPSA) is 94.2 Å². The minimum atomic E-state index is -0.316. The molecule has 170 valence electrons. The zero-order valence-electron chi connectivity index (χ0n) is 18.4. The van der Waals surface area contributed by atoms with Gasteiger partial charge in [0.15, 0.2) is 18.1 Å². The van der Waals surface area contributed by atoms with Gasteiger partial charge in [-0.05, 0) is 57.2 Å². The maximum absolute atomic E-state index is 12.8. The number of rotatable bonds is 8. The average molecular weight is 433 g/mol. The minimum absolute atomic E-state index is 0.0425. The summed E-state index contributed by atoms with van der Waals surface area (Å²) in [6, 6.07) is 4.66. The average Bonchev–Trinajstić information content (AvgIpc) is 3.26.